The molecule has 0 saturated carbocycles. The largest absolute Gasteiger partial charge is 0.411 e. The highest BCUT2D eigenvalue weighted by Crippen LogP contribution is 2.62. The summed E-state index contributed by atoms with van der Waals surface area (Å²) in [6.45, 7) is 17.0. The molecule has 2 heteroatoms. The van der Waals surface area contributed by atoms with Crippen molar-refractivity contribution in [1.82, 2.24) is 0 Å². The molecule has 1 aliphatic heterocycles. The molecule has 1 saturated heterocycles. The summed E-state index contributed by atoms with van der Waals surface area (Å²) in [7, 11) is -1.92. The van der Waals surface area contributed by atoms with Crippen LogP contribution in [0.4, 0.5) is 0 Å². The van der Waals surface area contributed by atoms with Gasteiger partial charge in [0.25, 0.3) is 0 Å². The number of rotatable bonds is 54. The molecule has 0 aromatic rings. The predicted molar refractivity (Wildman–Crippen MR) is 310 cm³/mol. The van der Waals surface area contributed by atoms with Crippen LogP contribution in [0.1, 0.15) is 382 Å². The Morgan fingerprint density at radius 2 is 0.537 bits per heavy atom. The fraction of sp³-hybridized carbons (Fsp3) is 1.00. The van der Waals surface area contributed by atoms with E-state index in [1.54, 1.807) is 0 Å². The summed E-state index contributed by atoms with van der Waals surface area (Å²) in [5.41, 5.74) is 0.496. The maximum atomic E-state index is 8.55. The van der Waals surface area contributed by atoms with Crippen molar-refractivity contribution in [3.63, 3.8) is 0 Å². The third-order valence-electron chi connectivity index (χ3n) is 17.6. The van der Waals surface area contributed by atoms with E-state index >= 15 is 0 Å². The fourth-order valence-electron chi connectivity index (χ4n) is 13.3. The van der Waals surface area contributed by atoms with Gasteiger partial charge in [-0.1, -0.05) is 350 Å². The van der Waals surface area contributed by atoms with Crippen LogP contribution < -0.4 is 0 Å². The van der Waals surface area contributed by atoms with Gasteiger partial charge in [-0.05, 0) is 56.7 Å². The molecule has 0 aromatic carbocycles. The van der Waals surface area contributed by atoms with Crippen LogP contribution in [-0.4, -0.2) is 13.9 Å². The van der Waals surface area contributed by atoms with E-state index in [-0.39, 0.29) is 5.60 Å². The topological polar surface area (TPSA) is 9.23 Å². The molecule has 0 N–H and O–H groups in total. The average molecular weight is 958 g/mol. The third-order valence-corrected chi connectivity index (χ3v) is 21.2. The predicted octanol–water partition coefficient (Wildman–Crippen LogP) is 24.7. The molecule has 1 nitrogen and oxygen atoms in total. The van der Waals surface area contributed by atoms with Crippen molar-refractivity contribution < 1.29 is 4.43 Å². The Labute approximate surface area is 428 Å². The highest BCUT2D eigenvalue weighted by molar-refractivity contribution is 6.72. The zero-order valence-corrected chi connectivity index (χ0v) is 49.4. The molecule has 402 valence electrons. The molecule has 0 aliphatic carbocycles. The molecule has 0 bridgehead atoms. The molecular formula is C65H132OSi. The van der Waals surface area contributed by atoms with Crippen molar-refractivity contribution >= 4 is 8.32 Å². The van der Waals surface area contributed by atoms with Crippen LogP contribution in [0.3, 0.4) is 0 Å². The van der Waals surface area contributed by atoms with Gasteiger partial charge in [0.2, 0.25) is 0 Å². The van der Waals surface area contributed by atoms with Gasteiger partial charge in [0.1, 0.15) is 0 Å². The smallest absolute Gasteiger partial charge is 0.190 e. The number of hydrogen-bond donors (Lipinski definition) is 0. The zero-order chi connectivity index (χ0) is 48.7. The summed E-state index contributed by atoms with van der Waals surface area (Å²) in [4.78, 5) is 0. The highest BCUT2D eigenvalue weighted by Gasteiger charge is 2.61. The van der Waals surface area contributed by atoms with Crippen LogP contribution >= 0.6 is 0 Å². The molecule has 2 atom stereocenters. The second-order valence-electron chi connectivity index (χ2n) is 24.0. The van der Waals surface area contributed by atoms with Gasteiger partial charge in [-0.15, -0.1) is 0 Å². The van der Waals surface area contributed by atoms with E-state index in [0.29, 0.717) is 5.41 Å². The lowest BCUT2D eigenvalue weighted by Gasteiger charge is -2.63. The average Bonchev–Trinajstić information content (AvgIpc) is 3.32. The van der Waals surface area contributed by atoms with Crippen molar-refractivity contribution in [2.75, 3.05) is 0 Å². The maximum Gasteiger partial charge on any atom is 0.190 e. The van der Waals surface area contributed by atoms with Gasteiger partial charge >= 0.3 is 0 Å². The Morgan fingerprint density at radius 3 is 0.836 bits per heavy atom. The van der Waals surface area contributed by atoms with E-state index in [4.69, 9.17) is 4.43 Å². The second-order valence-corrected chi connectivity index (χ2v) is 28.0. The summed E-state index contributed by atoms with van der Waals surface area (Å²) in [6, 6.07) is 2.93. The van der Waals surface area contributed by atoms with Crippen molar-refractivity contribution in [2.45, 2.75) is 406 Å². The second kappa shape index (κ2) is 47.2. The Kier molecular flexibility index (Phi) is 45.9. The molecule has 0 radical (unpaired) electrons. The van der Waals surface area contributed by atoms with Crippen LogP contribution in [0.5, 0.6) is 0 Å². The minimum absolute atomic E-state index is 0.115. The molecule has 2 unspecified atom stereocenters. The van der Waals surface area contributed by atoms with Gasteiger partial charge in [0.05, 0.1) is 5.60 Å². The fourth-order valence-corrected chi connectivity index (χ4v) is 17.7. The first-order chi connectivity index (χ1) is 32.9. The molecule has 67 heavy (non-hydrogen) atoms. The quantitative estimate of drug-likeness (QED) is 0.0436. The van der Waals surface area contributed by atoms with Crippen LogP contribution in [0, 0.1) is 11.3 Å². The summed E-state index contributed by atoms with van der Waals surface area (Å²) in [5.74, 6) is 0.893. The Morgan fingerprint density at radius 1 is 0.299 bits per heavy atom. The molecule has 1 aliphatic rings. The zero-order valence-electron chi connectivity index (χ0n) is 48.4. The minimum atomic E-state index is -1.92. The lowest BCUT2D eigenvalue weighted by molar-refractivity contribution is -0.147. The van der Waals surface area contributed by atoms with E-state index in [1.807, 2.05) is 0 Å². The van der Waals surface area contributed by atoms with Crippen LogP contribution in [0.25, 0.3) is 0 Å². The molecule has 1 rings (SSSR count). The Hall–Kier alpha value is 0.177. The standard InChI is InChI=1S/C65H132OSi/c1-8-14-20-26-32-38-44-50-56-63-62-67(7,61-55-49-43-37-31-25-19-13-6)66-65(59-53-47-41-35-29-23-17-11-4,60-54-48-42-36-30-24-18-12-5)64(63,57-51-45-39-33-27-21-15-9-2)58-52-46-40-34-28-22-16-10-3/h63H,8-62H2,1-7H3. The maximum absolute atomic E-state index is 8.55. The normalized spacial score (nSPS) is 18.0. The molecule has 0 amide bonds. The molecule has 1 fully saturated rings. The van der Waals surface area contributed by atoms with E-state index < -0.39 is 8.32 Å². The van der Waals surface area contributed by atoms with E-state index in [9.17, 15) is 0 Å². The number of unbranched alkanes of at least 4 members (excludes halogenated alkanes) is 42. The highest BCUT2D eigenvalue weighted by atomic mass is 28.4. The minimum Gasteiger partial charge on any atom is -0.411 e. The van der Waals surface area contributed by atoms with Crippen molar-refractivity contribution in [3.8, 4) is 0 Å². The lowest BCUT2D eigenvalue weighted by Crippen LogP contribution is -2.65. The van der Waals surface area contributed by atoms with E-state index in [1.165, 1.54) is 352 Å². The summed E-state index contributed by atoms with van der Waals surface area (Å²) in [6.07, 6.45) is 76.5. The van der Waals surface area contributed by atoms with Gasteiger partial charge in [0.15, 0.2) is 8.32 Å². The van der Waals surface area contributed by atoms with Gasteiger partial charge in [-0.3, -0.25) is 0 Å². The van der Waals surface area contributed by atoms with E-state index in [2.05, 4.69) is 48.1 Å². The Balaban J connectivity index is 3.68. The summed E-state index contributed by atoms with van der Waals surface area (Å²) >= 11 is 0. The first-order valence-corrected chi connectivity index (χ1v) is 35.4. The Bertz CT molecular complexity index is 936. The molecule has 0 spiro atoms. The van der Waals surface area contributed by atoms with Crippen molar-refractivity contribution in [1.29, 1.82) is 0 Å². The van der Waals surface area contributed by atoms with Gasteiger partial charge in [-0.2, -0.15) is 0 Å². The van der Waals surface area contributed by atoms with Gasteiger partial charge in [0, 0.05) is 5.41 Å². The molecule has 0 aromatic heterocycles. The van der Waals surface area contributed by atoms with Crippen LogP contribution in [0.2, 0.25) is 18.6 Å². The van der Waals surface area contributed by atoms with Gasteiger partial charge in [-0.25, -0.2) is 0 Å². The monoisotopic (exact) mass is 957 g/mol. The SMILES string of the molecule is CCCCCCCCCCC1C[Si](C)(CCCCCCCCCC)OC(CCCCCCCCCC)(CCCCCCCCCC)C1(CCCCCCCCCC)CCCCCCCCCC. The first-order valence-electron chi connectivity index (χ1n) is 32.6. The van der Waals surface area contributed by atoms with E-state index in [0.717, 1.165) is 5.92 Å². The van der Waals surface area contributed by atoms with Crippen molar-refractivity contribution in [2.24, 2.45) is 11.3 Å². The third kappa shape index (κ3) is 32.8. The summed E-state index contributed by atoms with van der Waals surface area (Å²) in [5, 5.41) is 0. The van der Waals surface area contributed by atoms with Crippen LogP contribution in [-0.2, 0) is 4.43 Å². The molecule has 1 heterocycles. The van der Waals surface area contributed by atoms with Gasteiger partial charge < -0.3 is 4.43 Å². The lowest BCUT2D eigenvalue weighted by atomic mass is 9.55. The number of hydrogen-bond acceptors (Lipinski definition) is 1. The molecular weight excluding hydrogens is 825 g/mol. The van der Waals surface area contributed by atoms with Crippen molar-refractivity contribution in [3.05, 3.63) is 0 Å². The first kappa shape index (κ1) is 65.2. The summed E-state index contributed by atoms with van der Waals surface area (Å²) < 4.78 is 8.55. The van der Waals surface area contributed by atoms with Crippen LogP contribution in [0.15, 0.2) is 0 Å².